The molecular weight excluding hydrogens is 254 g/mol. The van der Waals surface area contributed by atoms with Gasteiger partial charge in [-0.1, -0.05) is 0 Å². The summed E-state index contributed by atoms with van der Waals surface area (Å²) in [6, 6.07) is 5.65. The summed E-state index contributed by atoms with van der Waals surface area (Å²) in [6.07, 6.45) is 3.72. The number of hydrogen-bond donors (Lipinski definition) is 1. The molecule has 20 heavy (non-hydrogen) atoms. The summed E-state index contributed by atoms with van der Waals surface area (Å²) in [4.78, 5) is 12.5. The zero-order valence-corrected chi connectivity index (χ0v) is 12.5. The van der Waals surface area contributed by atoms with Gasteiger partial charge in [-0.05, 0) is 63.3 Å². The lowest BCUT2D eigenvalue weighted by molar-refractivity contribution is -0.140. The smallest absolute Gasteiger partial charge is 0.256 e. The Hall–Kier alpha value is -1.55. The normalized spacial score (nSPS) is 16.9. The Morgan fingerprint density at radius 2 is 2.05 bits per heavy atom. The zero-order valence-electron chi connectivity index (χ0n) is 12.5. The Morgan fingerprint density at radius 3 is 2.60 bits per heavy atom. The molecule has 0 heterocycles. The molecule has 2 rings (SSSR count). The van der Waals surface area contributed by atoms with E-state index in [-0.39, 0.29) is 5.91 Å². The van der Waals surface area contributed by atoms with E-state index in [0.717, 1.165) is 42.7 Å². The lowest BCUT2D eigenvalue weighted by Gasteiger charge is -2.27. The second-order valence-corrected chi connectivity index (χ2v) is 5.27. The third-order valence-electron chi connectivity index (χ3n) is 3.90. The lowest BCUT2D eigenvalue weighted by atomic mass is 10.0. The fourth-order valence-corrected chi connectivity index (χ4v) is 2.86. The molecule has 4 heteroatoms. The van der Waals surface area contributed by atoms with Gasteiger partial charge in [0, 0.05) is 12.3 Å². The van der Waals surface area contributed by atoms with Gasteiger partial charge in [-0.3, -0.25) is 4.79 Å². The van der Waals surface area contributed by atoms with Crippen molar-refractivity contribution in [1.29, 1.82) is 0 Å². The minimum absolute atomic E-state index is 0.0265. The average molecular weight is 277 g/mol. The van der Waals surface area contributed by atoms with Crippen molar-refractivity contribution in [1.82, 2.24) is 0 Å². The Labute approximate surface area is 120 Å². The quantitative estimate of drug-likeness (QED) is 0.898. The number of amides is 1. The van der Waals surface area contributed by atoms with Crippen LogP contribution in [-0.2, 0) is 9.53 Å². The number of carbonyl (C=O) groups excluding carboxylic acids is 1. The van der Waals surface area contributed by atoms with Crippen LogP contribution in [0.5, 0.6) is 5.75 Å². The van der Waals surface area contributed by atoms with Crippen molar-refractivity contribution in [3.63, 3.8) is 0 Å². The molecule has 110 valence electrons. The molecule has 0 bridgehead atoms. The Bertz CT molecular complexity index is 479. The summed E-state index contributed by atoms with van der Waals surface area (Å²) in [6.45, 7) is 4.46. The van der Waals surface area contributed by atoms with Crippen LogP contribution in [0.4, 0.5) is 5.69 Å². The van der Waals surface area contributed by atoms with Gasteiger partial charge in [-0.25, -0.2) is 0 Å². The van der Waals surface area contributed by atoms with E-state index in [1.54, 1.807) is 7.11 Å². The number of benzene rings is 1. The van der Waals surface area contributed by atoms with Crippen LogP contribution >= 0.6 is 0 Å². The molecule has 1 aliphatic rings. The van der Waals surface area contributed by atoms with E-state index in [4.69, 9.17) is 9.47 Å². The van der Waals surface area contributed by atoms with E-state index < -0.39 is 5.60 Å². The molecule has 1 N–H and O–H groups in total. The first-order valence-corrected chi connectivity index (χ1v) is 7.21. The SMILES string of the molecule is CCOC1(C(=O)Nc2ccc(OC)c(C)c2)CCCC1. The first-order chi connectivity index (χ1) is 9.61. The van der Waals surface area contributed by atoms with Gasteiger partial charge >= 0.3 is 0 Å². The average Bonchev–Trinajstić information content (AvgIpc) is 2.89. The van der Waals surface area contributed by atoms with E-state index in [1.165, 1.54) is 0 Å². The maximum Gasteiger partial charge on any atom is 0.256 e. The Balaban J connectivity index is 2.12. The topological polar surface area (TPSA) is 47.6 Å². The van der Waals surface area contributed by atoms with Crippen LogP contribution in [0.2, 0.25) is 0 Å². The van der Waals surface area contributed by atoms with Crippen LogP contribution in [-0.4, -0.2) is 25.2 Å². The largest absolute Gasteiger partial charge is 0.496 e. The van der Waals surface area contributed by atoms with Gasteiger partial charge in [0.25, 0.3) is 5.91 Å². The summed E-state index contributed by atoms with van der Waals surface area (Å²) < 4.78 is 11.0. The maximum atomic E-state index is 12.5. The number of rotatable bonds is 5. The molecule has 0 radical (unpaired) electrons. The van der Waals surface area contributed by atoms with Crippen LogP contribution in [0.1, 0.15) is 38.2 Å². The highest BCUT2D eigenvalue weighted by Gasteiger charge is 2.41. The van der Waals surface area contributed by atoms with Crippen LogP contribution in [0.3, 0.4) is 0 Å². The van der Waals surface area contributed by atoms with Crippen LogP contribution in [0.25, 0.3) is 0 Å². The highest BCUT2D eigenvalue weighted by atomic mass is 16.5. The van der Waals surface area contributed by atoms with Gasteiger partial charge in [-0.15, -0.1) is 0 Å². The van der Waals surface area contributed by atoms with Crippen molar-refractivity contribution in [2.75, 3.05) is 19.0 Å². The second kappa shape index (κ2) is 6.27. The van der Waals surface area contributed by atoms with Gasteiger partial charge < -0.3 is 14.8 Å². The molecule has 0 unspecified atom stereocenters. The molecule has 4 nitrogen and oxygen atoms in total. The number of ether oxygens (including phenoxy) is 2. The molecule has 1 aromatic rings. The molecule has 1 aromatic carbocycles. The number of anilines is 1. The maximum absolute atomic E-state index is 12.5. The molecule has 1 aliphatic carbocycles. The fourth-order valence-electron chi connectivity index (χ4n) is 2.86. The van der Waals surface area contributed by atoms with E-state index >= 15 is 0 Å². The third-order valence-corrected chi connectivity index (χ3v) is 3.90. The number of aryl methyl sites for hydroxylation is 1. The molecule has 1 fully saturated rings. The Morgan fingerprint density at radius 1 is 1.35 bits per heavy atom. The van der Waals surface area contributed by atoms with E-state index in [0.29, 0.717) is 6.61 Å². The minimum atomic E-state index is -0.636. The van der Waals surface area contributed by atoms with Crippen LogP contribution in [0.15, 0.2) is 18.2 Å². The van der Waals surface area contributed by atoms with Crippen LogP contribution < -0.4 is 10.1 Å². The van der Waals surface area contributed by atoms with Gasteiger partial charge in [-0.2, -0.15) is 0 Å². The number of nitrogens with one attached hydrogen (secondary N) is 1. The van der Waals surface area contributed by atoms with Crippen molar-refractivity contribution in [3.8, 4) is 5.75 Å². The number of carbonyl (C=O) groups is 1. The van der Waals surface area contributed by atoms with Crippen LogP contribution in [0, 0.1) is 6.92 Å². The zero-order chi connectivity index (χ0) is 14.6. The van der Waals surface area contributed by atoms with Gasteiger partial charge in [0.05, 0.1) is 7.11 Å². The second-order valence-electron chi connectivity index (χ2n) is 5.27. The highest BCUT2D eigenvalue weighted by molar-refractivity contribution is 5.97. The number of hydrogen-bond acceptors (Lipinski definition) is 3. The van der Waals surface area contributed by atoms with Gasteiger partial charge in [0.2, 0.25) is 0 Å². The third kappa shape index (κ3) is 2.96. The van der Waals surface area contributed by atoms with Crippen molar-refractivity contribution in [3.05, 3.63) is 23.8 Å². The monoisotopic (exact) mass is 277 g/mol. The molecule has 1 amide bonds. The van der Waals surface area contributed by atoms with Gasteiger partial charge in [0.15, 0.2) is 0 Å². The fraction of sp³-hybridized carbons (Fsp3) is 0.562. The summed E-state index contributed by atoms with van der Waals surface area (Å²) in [5.74, 6) is 0.796. The van der Waals surface area contributed by atoms with Crippen molar-refractivity contribution >= 4 is 11.6 Å². The standard InChI is InChI=1S/C16H23NO3/c1-4-20-16(9-5-6-10-16)15(18)17-13-7-8-14(19-3)12(2)11-13/h7-8,11H,4-6,9-10H2,1-3H3,(H,17,18). The predicted molar refractivity (Wildman–Crippen MR) is 79.2 cm³/mol. The first kappa shape index (κ1) is 14.9. The molecular formula is C16H23NO3. The summed E-state index contributed by atoms with van der Waals surface area (Å²) >= 11 is 0. The summed E-state index contributed by atoms with van der Waals surface area (Å²) in [5, 5.41) is 2.98. The highest BCUT2D eigenvalue weighted by Crippen LogP contribution is 2.34. The van der Waals surface area contributed by atoms with Crippen molar-refractivity contribution in [2.24, 2.45) is 0 Å². The molecule has 1 saturated carbocycles. The minimum Gasteiger partial charge on any atom is -0.496 e. The predicted octanol–water partition coefficient (Wildman–Crippen LogP) is 3.29. The number of methoxy groups -OCH3 is 1. The molecule has 0 spiro atoms. The molecule has 0 aromatic heterocycles. The molecule has 0 saturated heterocycles. The molecule has 0 atom stereocenters. The van der Waals surface area contributed by atoms with Crippen molar-refractivity contribution in [2.45, 2.75) is 45.1 Å². The van der Waals surface area contributed by atoms with E-state index in [2.05, 4.69) is 5.32 Å². The lowest BCUT2D eigenvalue weighted by Crippen LogP contribution is -2.43. The Kier molecular flexibility index (Phi) is 4.65. The summed E-state index contributed by atoms with van der Waals surface area (Å²) in [7, 11) is 1.64. The first-order valence-electron chi connectivity index (χ1n) is 7.21. The summed E-state index contributed by atoms with van der Waals surface area (Å²) in [5.41, 5.74) is 1.16. The van der Waals surface area contributed by atoms with Crippen molar-refractivity contribution < 1.29 is 14.3 Å². The van der Waals surface area contributed by atoms with E-state index in [9.17, 15) is 4.79 Å². The van der Waals surface area contributed by atoms with E-state index in [1.807, 2.05) is 32.0 Å². The molecule has 0 aliphatic heterocycles. The van der Waals surface area contributed by atoms with Gasteiger partial charge in [0.1, 0.15) is 11.4 Å².